The first kappa shape index (κ1) is 20.8. The van der Waals surface area contributed by atoms with Gasteiger partial charge in [0.15, 0.2) is 0 Å². The molecule has 0 unspecified atom stereocenters. The Labute approximate surface area is 163 Å². The summed E-state index contributed by atoms with van der Waals surface area (Å²) in [6.07, 6.45) is 6.19. The number of non-ortho nitro benzene ring substituents is 1. The molecular formula is C21H23N3O4. The summed E-state index contributed by atoms with van der Waals surface area (Å²) in [7, 11) is 0. The lowest BCUT2D eigenvalue weighted by molar-refractivity contribution is -0.384. The third kappa shape index (κ3) is 7.03. The van der Waals surface area contributed by atoms with Crippen molar-refractivity contribution in [3.63, 3.8) is 0 Å². The van der Waals surface area contributed by atoms with Crippen LogP contribution in [0, 0.1) is 10.1 Å². The van der Waals surface area contributed by atoms with Gasteiger partial charge in [0.1, 0.15) is 0 Å². The average Bonchev–Trinajstić information content (AvgIpc) is 2.67. The number of hydrogen-bond acceptors (Lipinski definition) is 4. The fraction of sp³-hybridized carbons (Fsp3) is 0.238. The molecule has 0 fully saturated rings. The second-order valence-corrected chi connectivity index (χ2v) is 6.26. The van der Waals surface area contributed by atoms with E-state index < -0.39 is 4.92 Å². The minimum atomic E-state index is -0.487. The van der Waals surface area contributed by atoms with E-state index in [0.717, 1.165) is 19.3 Å². The number of nitrogens with one attached hydrogen (secondary N) is 2. The van der Waals surface area contributed by atoms with Gasteiger partial charge in [-0.1, -0.05) is 38.0 Å². The third-order valence-electron chi connectivity index (χ3n) is 3.93. The number of hydrogen-bond donors (Lipinski definition) is 2. The molecule has 0 spiro atoms. The third-order valence-corrected chi connectivity index (χ3v) is 3.93. The summed E-state index contributed by atoms with van der Waals surface area (Å²) in [5, 5.41) is 16.3. The number of nitrogens with zero attached hydrogens (tertiary/aromatic N) is 1. The van der Waals surface area contributed by atoms with E-state index in [1.54, 1.807) is 36.4 Å². The van der Waals surface area contributed by atoms with Crippen LogP contribution in [0.1, 0.15) is 38.2 Å². The highest BCUT2D eigenvalue weighted by atomic mass is 16.6. The number of rotatable bonds is 9. The summed E-state index contributed by atoms with van der Waals surface area (Å²) in [5.74, 6) is -0.430. The molecule has 0 heterocycles. The van der Waals surface area contributed by atoms with Gasteiger partial charge in [-0.05, 0) is 36.3 Å². The Hall–Kier alpha value is -3.48. The highest BCUT2D eigenvalue weighted by Gasteiger charge is 2.06. The molecule has 0 saturated carbocycles. The standard InChI is InChI=1S/C21H23N3O4/c1-2-3-4-11-20(25)22-17-8-6-9-18(15-17)23-21(26)13-12-16-7-5-10-19(14-16)24(27)28/h5-10,12-15H,2-4,11H2,1H3,(H,22,25)(H,23,26)/b13-12+. The number of unbranched alkanes of at least 4 members (excludes halogenated alkanes) is 2. The molecule has 0 saturated heterocycles. The second-order valence-electron chi connectivity index (χ2n) is 6.26. The SMILES string of the molecule is CCCCCC(=O)Nc1cccc(NC(=O)/C=C/c2cccc([N+](=O)[O-])c2)c1. The highest BCUT2D eigenvalue weighted by Crippen LogP contribution is 2.17. The van der Waals surface area contributed by atoms with E-state index in [4.69, 9.17) is 0 Å². The van der Waals surface area contributed by atoms with Crippen molar-refractivity contribution in [2.45, 2.75) is 32.6 Å². The van der Waals surface area contributed by atoms with E-state index in [9.17, 15) is 19.7 Å². The summed E-state index contributed by atoms with van der Waals surface area (Å²) in [4.78, 5) is 34.3. The zero-order valence-corrected chi connectivity index (χ0v) is 15.7. The van der Waals surface area contributed by atoms with Crippen LogP contribution >= 0.6 is 0 Å². The van der Waals surface area contributed by atoms with Crippen LogP contribution < -0.4 is 10.6 Å². The first-order chi connectivity index (χ1) is 13.5. The van der Waals surface area contributed by atoms with Gasteiger partial charge in [0.25, 0.3) is 5.69 Å². The zero-order valence-electron chi connectivity index (χ0n) is 15.7. The topological polar surface area (TPSA) is 101 Å². The Morgan fingerprint density at radius 2 is 1.75 bits per heavy atom. The predicted molar refractivity (Wildman–Crippen MR) is 110 cm³/mol. The van der Waals surface area contributed by atoms with Crippen molar-refractivity contribution in [1.29, 1.82) is 0 Å². The van der Waals surface area contributed by atoms with Gasteiger partial charge in [-0.25, -0.2) is 0 Å². The van der Waals surface area contributed by atoms with Gasteiger partial charge in [-0.2, -0.15) is 0 Å². The second kappa shape index (κ2) is 10.6. The number of benzene rings is 2. The lowest BCUT2D eigenvalue weighted by Gasteiger charge is -2.08. The number of anilines is 2. The first-order valence-electron chi connectivity index (χ1n) is 9.11. The molecule has 2 aromatic rings. The normalized spacial score (nSPS) is 10.6. The number of amides is 2. The number of nitro benzene ring substituents is 1. The Bertz CT molecular complexity index is 877. The Morgan fingerprint density at radius 1 is 1.04 bits per heavy atom. The predicted octanol–water partition coefficient (Wildman–Crippen LogP) is 4.77. The maximum Gasteiger partial charge on any atom is 0.270 e. The van der Waals surface area contributed by atoms with Gasteiger partial charge < -0.3 is 10.6 Å². The van der Waals surface area contributed by atoms with Crippen LogP contribution in [0.15, 0.2) is 54.6 Å². The molecule has 7 nitrogen and oxygen atoms in total. The fourth-order valence-electron chi connectivity index (χ4n) is 2.53. The summed E-state index contributed by atoms with van der Waals surface area (Å²) in [5.41, 5.74) is 1.67. The number of carbonyl (C=O) groups is 2. The maximum absolute atomic E-state index is 12.1. The van der Waals surface area contributed by atoms with Crippen molar-refractivity contribution < 1.29 is 14.5 Å². The van der Waals surface area contributed by atoms with Crippen LogP contribution in [0.4, 0.5) is 17.1 Å². The zero-order chi connectivity index (χ0) is 20.4. The van der Waals surface area contributed by atoms with Crippen LogP contribution in [-0.4, -0.2) is 16.7 Å². The molecule has 0 aliphatic rings. The molecule has 0 aliphatic heterocycles. The minimum Gasteiger partial charge on any atom is -0.326 e. The van der Waals surface area contributed by atoms with Crippen LogP contribution in [0.5, 0.6) is 0 Å². The van der Waals surface area contributed by atoms with E-state index in [1.165, 1.54) is 24.3 Å². The van der Waals surface area contributed by atoms with Gasteiger partial charge >= 0.3 is 0 Å². The van der Waals surface area contributed by atoms with Crippen molar-refractivity contribution in [2.24, 2.45) is 0 Å². The Morgan fingerprint density at radius 3 is 2.46 bits per heavy atom. The van der Waals surface area contributed by atoms with Gasteiger partial charge in [0, 0.05) is 36.0 Å². The number of carbonyl (C=O) groups excluding carboxylic acids is 2. The van der Waals surface area contributed by atoms with Gasteiger partial charge in [-0.3, -0.25) is 19.7 Å². The quantitative estimate of drug-likeness (QED) is 0.283. The van der Waals surface area contributed by atoms with Crippen molar-refractivity contribution in [3.05, 3.63) is 70.3 Å². The van der Waals surface area contributed by atoms with Crippen molar-refractivity contribution in [2.75, 3.05) is 10.6 Å². The van der Waals surface area contributed by atoms with E-state index >= 15 is 0 Å². The lowest BCUT2D eigenvalue weighted by atomic mass is 10.2. The molecule has 0 aromatic heterocycles. The minimum absolute atomic E-state index is 0.0371. The van der Waals surface area contributed by atoms with E-state index in [0.29, 0.717) is 23.4 Å². The van der Waals surface area contributed by atoms with Gasteiger partial charge in [0.2, 0.25) is 11.8 Å². The summed E-state index contributed by atoms with van der Waals surface area (Å²) in [6.45, 7) is 2.08. The first-order valence-corrected chi connectivity index (χ1v) is 9.11. The molecule has 2 N–H and O–H groups in total. The Kier molecular flexibility index (Phi) is 7.90. The summed E-state index contributed by atoms with van der Waals surface area (Å²) < 4.78 is 0. The van der Waals surface area contributed by atoms with Crippen LogP contribution in [0.2, 0.25) is 0 Å². The molecule has 146 valence electrons. The monoisotopic (exact) mass is 381 g/mol. The summed E-state index contributed by atoms with van der Waals surface area (Å²) in [6, 6.07) is 12.9. The summed E-state index contributed by atoms with van der Waals surface area (Å²) >= 11 is 0. The molecule has 0 aliphatic carbocycles. The molecule has 7 heteroatoms. The molecule has 2 aromatic carbocycles. The van der Waals surface area contributed by atoms with Gasteiger partial charge in [0.05, 0.1) is 4.92 Å². The van der Waals surface area contributed by atoms with Crippen molar-refractivity contribution in [1.82, 2.24) is 0 Å². The molecule has 0 radical (unpaired) electrons. The van der Waals surface area contributed by atoms with Crippen molar-refractivity contribution >= 4 is 35.0 Å². The number of nitro groups is 1. The Balaban J connectivity index is 1.94. The van der Waals surface area contributed by atoms with Crippen molar-refractivity contribution in [3.8, 4) is 0 Å². The highest BCUT2D eigenvalue weighted by molar-refractivity contribution is 6.02. The molecule has 2 amide bonds. The van der Waals surface area contributed by atoms with Gasteiger partial charge in [-0.15, -0.1) is 0 Å². The van der Waals surface area contributed by atoms with Crippen LogP contribution in [0.25, 0.3) is 6.08 Å². The molecule has 0 atom stereocenters. The van der Waals surface area contributed by atoms with Crippen LogP contribution in [-0.2, 0) is 9.59 Å². The molecular weight excluding hydrogens is 358 g/mol. The smallest absolute Gasteiger partial charge is 0.270 e. The largest absolute Gasteiger partial charge is 0.326 e. The molecule has 28 heavy (non-hydrogen) atoms. The van der Waals surface area contributed by atoms with E-state index in [-0.39, 0.29) is 17.5 Å². The van der Waals surface area contributed by atoms with E-state index in [2.05, 4.69) is 17.6 Å². The average molecular weight is 381 g/mol. The fourth-order valence-corrected chi connectivity index (χ4v) is 2.53. The molecule has 0 bridgehead atoms. The van der Waals surface area contributed by atoms with Crippen LogP contribution in [0.3, 0.4) is 0 Å². The van der Waals surface area contributed by atoms with E-state index in [1.807, 2.05) is 0 Å². The maximum atomic E-state index is 12.1. The lowest BCUT2D eigenvalue weighted by Crippen LogP contribution is -2.12. The molecule has 2 rings (SSSR count).